The van der Waals surface area contributed by atoms with Gasteiger partial charge in [0.05, 0.1) is 11.8 Å². The summed E-state index contributed by atoms with van der Waals surface area (Å²) in [5, 5.41) is 3.46. The summed E-state index contributed by atoms with van der Waals surface area (Å²) in [7, 11) is 3.26. The van der Waals surface area contributed by atoms with Crippen LogP contribution in [0, 0.1) is 17.8 Å². The number of nitrogens with zero attached hydrogens (tertiary/aromatic N) is 2. The Balaban J connectivity index is 1.92. The molecule has 3 heterocycles. The van der Waals surface area contributed by atoms with Gasteiger partial charge in [0.25, 0.3) is 5.91 Å². The minimum atomic E-state index is -1.13. The van der Waals surface area contributed by atoms with Gasteiger partial charge in [-0.05, 0) is 18.4 Å². The normalized spacial score (nSPS) is 33.8. The van der Waals surface area contributed by atoms with E-state index in [2.05, 4.69) is 19.2 Å². The second-order valence-electron chi connectivity index (χ2n) is 7.81. The zero-order valence-corrected chi connectivity index (χ0v) is 14.9. The van der Waals surface area contributed by atoms with Crippen LogP contribution >= 0.6 is 0 Å². The lowest BCUT2D eigenvalue weighted by atomic mass is 9.76. The van der Waals surface area contributed by atoms with Crippen molar-refractivity contribution in [3.05, 3.63) is 29.8 Å². The lowest BCUT2D eigenvalue weighted by Crippen LogP contribution is -2.54. The molecule has 4 atom stereocenters. The Labute approximate surface area is 147 Å². The Bertz CT molecular complexity index is 790. The van der Waals surface area contributed by atoms with Crippen LogP contribution in [0.3, 0.4) is 0 Å². The minimum absolute atomic E-state index is 0.147. The molecule has 4 rings (SSSR count). The van der Waals surface area contributed by atoms with Crippen LogP contribution in [0.15, 0.2) is 24.3 Å². The number of hydrogen-bond acceptors (Lipinski definition) is 4. The highest BCUT2D eigenvalue weighted by Crippen LogP contribution is 2.54. The molecular formula is C19H23N3O3. The third kappa shape index (κ3) is 1.86. The molecule has 2 fully saturated rings. The van der Waals surface area contributed by atoms with Crippen LogP contribution in [0.1, 0.15) is 25.8 Å². The second-order valence-corrected chi connectivity index (χ2v) is 7.81. The first kappa shape index (κ1) is 16.3. The first-order valence-corrected chi connectivity index (χ1v) is 8.77. The molecular weight excluding hydrogens is 318 g/mol. The van der Waals surface area contributed by atoms with Crippen LogP contribution in [-0.2, 0) is 19.9 Å². The Morgan fingerprint density at radius 3 is 2.44 bits per heavy atom. The SMILES string of the molecule is CC(C)C[C@@H]1N[C@]2(C(=O)N(C)c3ccccc32)[C@@H]2C(=O)N(C)C(=O)[C@@H]12. The molecule has 25 heavy (non-hydrogen) atoms. The molecule has 3 aliphatic heterocycles. The second kappa shape index (κ2) is 5.14. The number of fused-ring (bicyclic) bond motifs is 4. The van der Waals surface area contributed by atoms with E-state index in [1.807, 2.05) is 24.3 Å². The molecule has 0 aromatic heterocycles. The number of benzene rings is 1. The monoisotopic (exact) mass is 341 g/mol. The van der Waals surface area contributed by atoms with Crippen molar-refractivity contribution < 1.29 is 14.4 Å². The molecule has 1 spiro atoms. The van der Waals surface area contributed by atoms with Gasteiger partial charge in [0, 0.05) is 31.4 Å². The first-order chi connectivity index (χ1) is 11.8. The number of hydrogen-bond donors (Lipinski definition) is 1. The smallest absolute Gasteiger partial charge is 0.252 e. The van der Waals surface area contributed by atoms with Gasteiger partial charge in [-0.25, -0.2) is 0 Å². The van der Waals surface area contributed by atoms with Crippen LogP contribution in [0.4, 0.5) is 5.69 Å². The summed E-state index contributed by atoms with van der Waals surface area (Å²) in [5.74, 6) is -1.38. The van der Waals surface area contributed by atoms with Crippen molar-refractivity contribution in [2.45, 2.75) is 31.8 Å². The molecule has 1 N–H and O–H groups in total. The van der Waals surface area contributed by atoms with E-state index in [1.165, 1.54) is 11.9 Å². The Kier molecular flexibility index (Phi) is 3.35. The molecule has 0 unspecified atom stereocenters. The van der Waals surface area contributed by atoms with Gasteiger partial charge in [-0.2, -0.15) is 0 Å². The molecule has 1 aromatic rings. The van der Waals surface area contributed by atoms with E-state index in [9.17, 15) is 14.4 Å². The van der Waals surface area contributed by atoms with Crippen molar-refractivity contribution in [3.8, 4) is 0 Å². The van der Waals surface area contributed by atoms with Crippen LogP contribution in [0.2, 0.25) is 0 Å². The highest BCUT2D eigenvalue weighted by atomic mass is 16.2. The molecule has 1 aromatic carbocycles. The van der Waals surface area contributed by atoms with Crippen LogP contribution < -0.4 is 10.2 Å². The van der Waals surface area contributed by atoms with E-state index in [0.29, 0.717) is 5.92 Å². The van der Waals surface area contributed by atoms with Gasteiger partial charge >= 0.3 is 0 Å². The predicted molar refractivity (Wildman–Crippen MR) is 92.7 cm³/mol. The van der Waals surface area contributed by atoms with Crippen molar-refractivity contribution >= 4 is 23.4 Å². The number of rotatable bonds is 2. The minimum Gasteiger partial charge on any atom is -0.313 e. The average Bonchev–Trinajstić information content (AvgIpc) is 3.10. The molecule has 3 aliphatic rings. The van der Waals surface area contributed by atoms with E-state index < -0.39 is 17.4 Å². The average molecular weight is 341 g/mol. The van der Waals surface area contributed by atoms with Crippen molar-refractivity contribution in [3.63, 3.8) is 0 Å². The zero-order valence-electron chi connectivity index (χ0n) is 14.9. The van der Waals surface area contributed by atoms with Crippen molar-refractivity contribution in [2.75, 3.05) is 19.0 Å². The largest absolute Gasteiger partial charge is 0.313 e. The molecule has 6 nitrogen and oxygen atoms in total. The molecule has 3 amide bonds. The fourth-order valence-electron chi connectivity index (χ4n) is 4.91. The van der Waals surface area contributed by atoms with Crippen molar-refractivity contribution in [2.24, 2.45) is 17.8 Å². The van der Waals surface area contributed by atoms with Gasteiger partial charge in [-0.1, -0.05) is 32.0 Å². The summed E-state index contributed by atoms with van der Waals surface area (Å²) in [6, 6.07) is 7.36. The van der Waals surface area contributed by atoms with E-state index in [-0.39, 0.29) is 23.8 Å². The summed E-state index contributed by atoms with van der Waals surface area (Å²) < 4.78 is 0. The van der Waals surface area contributed by atoms with Crippen molar-refractivity contribution in [1.82, 2.24) is 10.2 Å². The summed E-state index contributed by atoms with van der Waals surface area (Å²) in [6.45, 7) is 4.17. The highest BCUT2D eigenvalue weighted by Gasteiger charge is 2.70. The van der Waals surface area contributed by atoms with E-state index in [1.54, 1.807) is 11.9 Å². The molecule has 0 saturated carbocycles. The number of amides is 3. The number of para-hydroxylation sites is 1. The summed E-state index contributed by atoms with van der Waals surface area (Å²) >= 11 is 0. The molecule has 132 valence electrons. The standard InChI is InChI=1S/C19H23N3O3/c1-10(2)9-12-14-15(17(24)22(4)16(14)23)19(20-12)11-7-5-6-8-13(11)21(3)18(19)25/h5-8,10,12,14-15,20H,9H2,1-4H3/t12-,14-,15-,19-/m0/s1. The van der Waals surface area contributed by atoms with Gasteiger partial charge in [0.15, 0.2) is 0 Å². The van der Waals surface area contributed by atoms with Crippen molar-refractivity contribution in [1.29, 1.82) is 0 Å². The molecule has 0 bridgehead atoms. The van der Waals surface area contributed by atoms with Gasteiger partial charge in [0.1, 0.15) is 5.54 Å². The predicted octanol–water partition coefficient (Wildman–Crippen LogP) is 1.11. The first-order valence-electron chi connectivity index (χ1n) is 8.77. The molecule has 2 saturated heterocycles. The molecule has 0 radical (unpaired) electrons. The number of imide groups is 1. The summed E-state index contributed by atoms with van der Waals surface area (Å²) in [5.41, 5.74) is 0.478. The van der Waals surface area contributed by atoms with Crippen LogP contribution in [0.25, 0.3) is 0 Å². The third-order valence-electron chi connectivity index (χ3n) is 5.94. The third-order valence-corrected chi connectivity index (χ3v) is 5.94. The van der Waals surface area contributed by atoms with Gasteiger partial charge < -0.3 is 4.90 Å². The fourth-order valence-corrected chi connectivity index (χ4v) is 4.91. The van der Waals surface area contributed by atoms with Crippen LogP contribution in [-0.4, -0.2) is 42.8 Å². The molecule has 6 heteroatoms. The summed E-state index contributed by atoms with van der Waals surface area (Å²) in [4.78, 5) is 41.8. The van der Waals surface area contributed by atoms with Gasteiger partial charge in [-0.3, -0.25) is 24.6 Å². The Hall–Kier alpha value is -2.21. The van der Waals surface area contributed by atoms with E-state index >= 15 is 0 Å². The summed E-state index contributed by atoms with van der Waals surface area (Å²) in [6.07, 6.45) is 0.745. The Morgan fingerprint density at radius 2 is 1.76 bits per heavy atom. The maximum absolute atomic E-state index is 13.3. The number of carbonyl (C=O) groups is 3. The van der Waals surface area contributed by atoms with E-state index in [4.69, 9.17) is 0 Å². The lowest BCUT2D eigenvalue weighted by molar-refractivity contribution is -0.141. The number of nitrogens with one attached hydrogen (secondary N) is 1. The van der Waals surface area contributed by atoms with E-state index in [0.717, 1.165) is 17.7 Å². The number of likely N-dealkylation sites (tertiary alicyclic amines) is 1. The maximum Gasteiger partial charge on any atom is 0.252 e. The maximum atomic E-state index is 13.3. The zero-order chi connectivity index (χ0) is 18.1. The number of carbonyl (C=O) groups excluding carboxylic acids is 3. The lowest BCUT2D eigenvalue weighted by Gasteiger charge is -2.29. The molecule has 0 aliphatic carbocycles. The van der Waals surface area contributed by atoms with Gasteiger partial charge in [0.2, 0.25) is 11.8 Å². The number of likely N-dealkylation sites (N-methyl/N-ethyl adjacent to an activating group) is 1. The number of anilines is 1. The quantitative estimate of drug-likeness (QED) is 0.818. The fraction of sp³-hybridized carbons (Fsp3) is 0.526. The highest BCUT2D eigenvalue weighted by molar-refractivity contribution is 6.15. The Morgan fingerprint density at radius 1 is 1.08 bits per heavy atom. The van der Waals surface area contributed by atoms with Gasteiger partial charge in [-0.15, -0.1) is 0 Å². The topological polar surface area (TPSA) is 69.7 Å². The van der Waals surface area contributed by atoms with Crippen LogP contribution in [0.5, 0.6) is 0 Å².